The van der Waals surface area contributed by atoms with Crippen molar-refractivity contribution in [2.45, 2.75) is 0 Å². The summed E-state index contributed by atoms with van der Waals surface area (Å²) in [7, 11) is 0. The highest BCUT2D eigenvalue weighted by atomic mass is 32.1. The van der Waals surface area contributed by atoms with Gasteiger partial charge in [-0.05, 0) is 34.9 Å². The molecule has 234 valence electrons. The summed E-state index contributed by atoms with van der Waals surface area (Å²) in [6.07, 6.45) is 0. The van der Waals surface area contributed by atoms with Gasteiger partial charge in [-0.2, -0.15) is 9.97 Å². The Kier molecular flexibility index (Phi) is 5.73. The summed E-state index contributed by atoms with van der Waals surface area (Å²) in [6, 6.07) is 47.7. The van der Waals surface area contributed by atoms with Crippen LogP contribution in [0.3, 0.4) is 0 Å². The topological polar surface area (TPSA) is 43.6 Å². The van der Waals surface area contributed by atoms with Gasteiger partial charge in [-0.3, -0.25) is 4.57 Å². The van der Waals surface area contributed by atoms with E-state index in [9.17, 15) is 1.37 Å². The molecule has 5 heteroatoms. The number of thiophene rings is 1. The van der Waals surface area contributed by atoms with Crippen LogP contribution >= 0.6 is 11.3 Å². The van der Waals surface area contributed by atoms with Gasteiger partial charge in [-0.25, -0.2) is 4.98 Å². The predicted molar refractivity (Wildman–Crippen MR) is 209 cm³/mol. The lowest BCUT2D eigenvalue weighted by Crippen LogP contribution is -2.07. The molecule has 3 heterocycles. The molecule has 0 N–H and O–H groups in total. The molecule has 10 rings (SSSR count). The third-order valence-corrected chi connectivity index (χ3v) is 10.3. The van der Waals surface area contributed by atoms with E-state index in [2.05, 4.69) is 60.7 Å². The normalized spacial score (nSPS) is 12.7. The third-order valence-electron chi connectivity index (χ3n) is 9.21. The van der Waals surface area contributed by atoms with Gasteiger partial charge in [0.05, 0.1) is 16.5 Å². The quantitative estimate of drug-likeness (QED) is 0.184. The predicted octanol–water partition coefficient (Wildman–Crippen LogP) is 12.0. The fourth-order valence-electron chi connectivity index (χ4n) is 6.95. The second kappa shape index (κ2) is 11.6. The monoisotopic (exact) mass is 660 g/mol. The standard InChI is InChI=1S/C45H28N4S/c1-3-14-29(15-4-1)32-18-7-8-19-33(32)37-22-13-23-38-34-20-9-11-24-39(34)49(42(37)38)45-47-43(30-16-5-2-6-17-30)46-44(48-45)31-26-27-36-35-21-10-12-25-40(35)50-41(36)28-31/h1-28H/i9D,11D,20D,24D. The number of para-hydroxylation sites is 2. The minimum Gasteiger partial charge on any atom is -0.277 e. The minimum atomic E-state index is -0.324. The van der Waals surface area contributed by atoms with Crippen LogP contribution in [0.15, 0.2) is 170 Å². The lowest BCUT2D eigenvalue weighted by molar-refractivity contribution is 0.954. The summed E-state index contributed by atoms with van der Waals surface area (Å²) in [5.41, 5.74) is 6.43. The fourth-order valence-corrected chi connectivity index (χ4v) is 8.09. The smallest absolute Gasteiger partial charge is 0.238 e. The number of aromatic nitrogens is 4. The second-order valence-electron chi connectivity index (χ2n) is 12.1. The maximum Gasteiger partial charge on any atom is 0.238 e. The average Bonchev–Trinajstić information content (AvgIpc) is 3.79. The Hall–Kier alpha value is -6.43. The van der Waals surface area contributed by atoms with Crippen molar-refractivity contribution < 1.29 is 5.48 Å². The molecule has 0 radical (unpaired) electrons. The molecule has 0 aliphatic heterocycles. The van der Waals surface area contributed by atoms with Crippen LogP contribution in [0.25, 0.3) is 93.0 Å². The van der Waals surface area contributed by atoms with Crippen molar-refractivity contribution in [3.63, 3.8) is 0 Å². The first-order valence-corrected chi connectivity index (χ1v) is 17.2. The first-order valence-electron chi connectivity index (χ1n) is 18.4. The Labute approximate surface area is 298 Å². The SMILES string of the molecule is [2H]c1c([2H])c([2H])c2c(c1[2H])c1cccc(-c3ccccc3-c3ccccc3)c1n2-c1nc(-c2ccccc2)nc(-c2ccc3c(c2)sc2ccccc23)n1. The van der Waals surface area contributed by atoms with Gasteiger partial charge >= 0.3 is 0 Å². The zero-order valence-corrected chi connectivity index (χ0v) is 27.4. The van der Waals surface area contributed by atoms with E-state index in [1.54, 1.807) is 11.3 Å². The number of nitrogens with zero attached hydrogens (tertiary/aromatic N) is 4. The van der Waals surface area contributed by atoms with Crippen LogP contribution in [0.5, 0.6) is 0 Å². The van der Waals surface area contributed by atoms with E-state index < -0.39 is 0 Å². The van der Waals surface area contributed by atoms with E-state index in [0.29, 0.717) is 33.5 Å². The molecule has 0 atom stereocenters. The molecule has 10 aromatic rings. The van der Waals surface area contributed by atoms with Gasteiger partial charge < -0.3 is 0 Å². The number of rotatable bonds is 5. The van der Waals surface area contributed by atoms with Gasteiger partial charge in [0.1, 0.15) is 0 Å². The highest BCUT2D eigenvalue weighted by molar-refractivity contribution is 7.25. The molecule has 0 unspecified atom stereocenters. The molecule has 0 amide bonds. The van der Waals surface area contributed by atoms with E-state index >= 15 is 0 Å². The lowest BCUT2D eigenvalue weighted by atomic mass is 9.93. The molecule has 50 heavy (non-hydrogen) atoms. The third kappa shape index (κ3) is 4.63. The van der Waals surface area contributed by atoms with Gasteiger partial charge in [0.2, 0.25) is 5.95 Å². The van der Waals surface area contributed by atoms with Crippen LogP contribution in [0.2, 0.25) is 0 Å². The number of benzene rings is 7. The molecule has 0 spiro atoms. The van der Waals surface area contributed by atoms with Gasteiger partial charge in [0, 0.05) is 47.6 Å². The summed E-state index contributed by atoms with van der Waals surface area (Å²) in [5, 5.41) is 3.45. The molecule has 3 aromatic heterocycles. The lowest BCUT2D eigenvalue weighted by Gasteiger charge is -2.15. The summed E-state index contributed by atoms with van der Waals surface area (Å²) in [4.78, 5) is 15.3. The minimum absolute atomic E-state index is 0.115. The Balaban J connectivity index is 1.33. The van der Waals surface area contributed by atoms with Crippen LogP contribution in [0.4, 0.5) is 0 Å². The van der Waals surface area contributed by atoms with E-state index in [1.165, 1.54) is 10.1 Å². The van der Waals surface area contributed by atoms with Crippen LogP contribution in [-0.4, -0.2) is 19.5 Å². The molecule has 0 bridgehead atoms. The average molecular weight is 661 g/mol. The van der Waals surface area contributed by atoms with Crippen molar-refractivity contribution in [3.05, 3.63) is 170 Å². The molecular weight excluding hydrogens is 629 g/mol. The molecular formula is C45H28N4S. The highest BCUT2D eigenvalue weighted by Crippen LogP contribution is 2.41. The van der Waals surface area contributed by atoms with Crippen molar-refractivity contribution in [3.8, 4) is 51.0 Å². The Morgan fingerprint density at radius 2 is 1.10 bits per heavy atom. The van der Waals surface area contributed by atoms with E-state index in [0.717, 1.165) is 43.5 Å². The summed E-state index contributed by atoms with van der Waals surface area (Å²) in [6.45, 7) is 0. The van der Waals surface area contributed by atoms with E-state index in [1.807, 2.05) is 89.5 Å². The number of hydrogen-bond acceptors (Lipinski definition) is 4. The van der Waals surface area contributed by atoms with Crippen LogP contribution < -0.4 is 0 Å². The van der Waals surface area contributed by atoms with Gasteiger partial charge in [0.25, 0.3) is 0 Å². The van der Waals surface area contributed by atoms with E-state index in [4.69, 9.17) is 19.1 Å². The van der Waals surface area contributed by atoms with Gasteiger partial charge in [-0.15, -0.1) is 11.3 Å². The van der Waals surface area contributed by atoms with Gasteiger partial charge in [0.15, 0.2) is 11.6 Å². The second-order valence-corrected chi connectivity index (χ2v) is 13.2. The molecule has 7 aromatic carbocycles. The Bertz CT molecular complexity index is 3100. The number of fused-ring (bicyclic) bond motifs is 6. The summed E-state index contributed by atoms with van der Waals surface area (Å²) >= 11 is 1.72. The summed E-state index contributed by atoms with van der Waals surface area (Å²) < 4.78 is 40.0. The van der Waals surface area contributed by atoms with Crippen molar-refractivity contribution in [1.82, 2.24) is 19.5 Å². The van der Waals surface area contributed by atoms with Crippen molar-refractivity contribution >= 4 is 53.3 Å². The van der Waals surface area contributed by atoms with E-state index in [-0.39, 0.29) is 30.1 Å². The van der Waals surface area contributed by atoms with Crippen LogP contribution in [0.1, 0.15) is 5.48 Å². The van der Waals surface area contributed by atoms with Gasteiger partial charge in [-0.1, -0.05) is 152 Å². The first kappa shape index (κ1) is 24.7. The fraction of sp³-hybridized carbons (Fsp3) is 0. The maximum atomic E-state index is 9.30. The molecule has 0 fully saturated rings. The molecule has 4 nitrogen and oxygen atoms in total. The largest absolute Gasteiger partial charge is 0.277 e. The first-order chi connectivity index (χ1) is 26.5. The van der Waals surface area contributed by atoms with Crippen LogP contribution in [0, 0.1) is 0 Å². The van der Waals surface area contributed by atoms with Crippen LogP contribution in [-0.2, 0) is 0 Å². The molecule has 0 saturated heterocycles. The van der Waals surface area contributed by atoms with Crippen molar-refractivity contribution in [2.24, 2.45) is 0 Å². The maximum absolute atomic E-state index is 9.30. The molecule has 0 aliphatic carbocycles. The molecule has 0 saturated carbocycles. The number of hydrogen-bond donors (Lipinski definition) is 0. The van der Waals surface area contributed by atoms with Crippen molar-refractivity contribution in [1.29, 1.82) is 0 Å². The Morgan fingerprint density at radius 3 is 1.94 bits per heavy atom. The zero-order chi connectivity index (χ0) is 36.5. The summed E-state index contributed by atoms with van der Waals surface area (Å²) in [5.74, 6) is 1.16. The molecule has 0 aliphatic rings. The highest BCUT2D eigenvalue weighted by Gasteiger charge is 2.21. The van der Waals surface area contributed by atoms with Crippen molar-refractivity contribution in [2.75, 3.05) is 0 Å². The Morgan fingerprint density at radius 1 is 0.460 bits per heavy atom. The zero-order valence-electron chi connectivity index (χ0n) is 30.6.